The molecule has 5 heteroatoms. The van der Waals surface area contributed by atoms with Gasteiger partial charge in [-0.2, -0.15) is 0 Å². The van der Waals surface area contributed by atoms with Crippen molar-refractivity contribution in [1.82, 2.24) is 4.98 Å². The van der Waals surface area contributed by atoms with Crippen molar-refractivity contribution in [2.24, 2.45) is 0 Å². The number of hydrogen-bond acceptors (Lipinski definition) is 3. The number of nitrogens with two attached hydrogens (primary N) is 1. The molecule has 1 aromatic carbocycles. The summed E-state index contributed by atoms with van der Waals surface area (Å²) >= 11 is 9.13. The molecule has 2 aromatic rings. The summed E-state index contributed by atoms with van der Waals surface area (Å²) < 4.78 is 0.957. The van der Waals surface area contributed by atoms with Crippen molar-refractivity contribution in [1.29, 1.82) is 0 Å². The van der Waals surface area contributed by atoms with Gasteiger partial charge in [0.1, 0.15) is 5.82 Å². The van der Waals surface area contributed by atoms with Crippen LogP contribution in [0.1, 0.15) is 0 Å². The average molecular weight is 299 g/mol. The van der Waals surface area contributed by atoms with Gasteiger partial charge in [-0.3, -0.25) is 0 Å². The van der Waals surface area contributed by atoms with Gasteiger partial charge in [-0.05, 0) is 30.3 Å². The van der Waals surface area contributed by atoms with E-state index in [-0.39, 0.29) is 0 Å². The highest BCUT2D eigenvalue weighted by Gasteiger charge is 2.01. The van der Waals surface area contributed by atoms with Crippen LogP contribution in [-0.4, -0.2) is 4.98 Å². The van der Waals surface area contributed by atoms with E-state index in [9.17, 15) is 0 Å². The Labute approximate surface area is 107 Å². The zero-order chi connectivity index (χ0) is 11.5. The lowest BCUT2D eigenvalue weighted by molar-refractivity contribution is 1.31. The maximum Gasteiger partial charge on any atom is 0.130 e. The third kappa shape index (κ3) is 2.65. The first-order valence-corrected chi connectivity index (χ1v) is 5.76. The predicted octanol–water partition coefficient (Wildman–Crippen LogP) is 3.82. The van der Waals surface area contributed by atoms with Gasteiger partial charge in [0.2, 0.25) is 0 Å². The molecule has 1 heterocycles. The number of anilines is 3. The van der Waals surface area contributed by atoms with E-state index in [0.29, 0.717) is 16.5 Å². The molecule has 0 amide bonds. The van der Waals surface area contributed by atoms with Crippen molar-refractivity contribution >= 4 is 44.7 Å². The standard InChI is InChI=1S/C11H9BrClN3/c12-7-1-3-9(14)10(5-7)16-11-4-2-8(13)6-15-11/h1-6H,14H2,(H,15,16). The van der Waals surface area contributed by atoms with Crippen molar-refractivity contribution in [2.75, 3.05) is 11.1 Å². The van der Waals surface area contributed by atoms with Gasteiger partial charge in [-0.1, -0.05) is 27.5 Å². The molecule has 2 rings (SSSR count). The summed E-state index contributed by atoms with van der Waals surface area (Å²) in [6.45, 7) is 0. The molecule has 0 fully saturated rings. The van der Waals surface area contributed by atoms with Crippen LogP contribution >= 0.6 is 27.5 Å². The number of nitrogens with zero attached hydrogens (tertiary/aromatic N) is 1. The largest absolute Gasteiger partial charge is 0.397 e. The van der Waals surface area contributed by atoms with Crippen LogP contribution in [0.15, 0.2) is 41.0 Å². The second-order valence-electron chi connectivity index (χ2n) is 3.22. The van der Waals surface area contributed by atoms with Gasteiger partial charge < -0.3 is 11.1 Å². The molecule has 82 valence electrons. The molecule has 0 aliphatic heterocycles. The van der Waals surface area contributed by atoms with Crippen LogP contribution in [0.25, 0.3) is 0 Å². The molecule has 0 aliphatic carbocycles. The number of pyridine rings is 1. The summed E-state index contributed by atoms with van der Waals surface area (Å²) in [4.78, 5) is 4.13. The zero-order valence-electron chi connectivity index (χ0n) is 8.24. The van der Waals surface area contributed by atoms with Crippen LogP contribution in [0.2, 0.25) is 5.02 Å². The van der Waals surface area contributed by atoms with Crippen LogP contribution in [0.5, 0.6) is 0 Å². The van der Waals surface area contributed by atoms with E-state index in [1.807, 2.05) is 18.2 Å². The van der Waals surface area contributed by atoms with Crippen LogP contribution in [0.3, 0.4) is 0 Å². The third-order valence-electron chi connectivity index (χ3n) is 2.01. The van der Waals surface area contributed by atoms with E-state index < -0.39 is 0 Å². The second kappa shape index (κ2) is 4.72. The monoisotopic (exact) mass is 297 g/mol. The van der Waals surface area contributed by atoms with E-state index in [2.05, 4.69) is 26.2 Å². The summed E-state index contributed by atoms with van der Waals surface area (Å²) in [6, 6.07) is 9.16. The zero-order valence-corrected chi connectivity index (χ0v) is 10.6. The van der Waals surface area contributed by atoms with Crippen molar-refractivity contribution in [3.8, 4) is 0 Å². The average Bonchev–Trinajstić information content (AvgIpc) is 2.27. The minimum absolute atomic E-state index is 0.604. The Hall–Kier alpha value is -1.26. The Kier molecular flexibility index (Phi) is 3.31. The molecule has 3 nitrogen and oxygen atoms in total. The van der Waals surface area contributed by atoms with Crippen LogP contribution in [-0.2, 0) is 0 Å². The van der Waals surface area contributed by atoms with E-state index in [1.165, 1.54) is 0 Å². The molecule has 0 atom stereocenters. The lowest BCUT2D eigenvalue weighted by Gasteiger charge is -2.08. The summed E-state index contributed by atoms with van der Waals surface area (Å²) in [7, 11) is 0. The number of benzene rings is 1. The van der Waals surface area contributed by atoms with Gasteiger partial charge in [0, 0.05) is 10.7 Å². The molecule has 0 saturated heterocycles. The lowest BCUT2D eigenvalue weighted by Crippen LogP contribution is -1.97. The van der Waals surface area contributed by atoms with E-state index in [1.54, 1.807) is 18.3 Å². The summed E-state index contributed by atoms with van der Waals surface area (Å²) in [6.07, 6.45) is 1.58. The topological polar surface area (TPSA) is 50.9 Å². The molecule has 1 aromatic heterocycles. The summed E-state index contributed by atoms with van der Waals surface area (Å²) in [5.74, 6) is 0.703. The van der Waals surface area contributed by atoms with Gasteiger partial charge >= 0.3 is 0 Å². The molecule has 0 unspecified atom stereocenters. The number of hydrogen-bond donors (Lipinski definition) is 2. The highest BCUT2D eigenvalue weighted by molar-refractivity contribution is 9.10. The number of aromatic nitrogens is 1. The van der Waals surface area contributed by atoms with Gasteiger partial charge in [0.05, 0.1) is 16.4 Å². The second-order valence-corrected chi connectivity index (χ2v) is 4.57. The Balaban J connectivity index is 2.26. The fourth-order valence-corrected chi connectivity index (χ4v) is 1.70. The van der Waals surface area contributed by atoms with Crippen molar-refractivity contribution in [3.63, 3.8) is 0 Å². The summed E-state index contributed by atoms with van der Waals surface area (Å²) in [5, 5.41) is 3.72. The number of rotatable bonds is 2. The summed E-state index contributed by atoms with van der Waals surface area (Å²) in [5.41, 5.74) is 7.31. The number of nitrogens with one attached hydrogen (secondary N) is 1. The fourth-order valence-electron chi connectivity index (χ4n) is 1.22. The maximum atomic E-state index is 5.83. The van der Waals surface area contributed by atoms with E-state index >= 15 is 0 Å². The van der Waals surface area contributed by atoms with Crippen LogP contribution < -0.4 is 11.1 Å². The van der Waals surface area contributed by atoms with E-state index in [4.69, 9.17) is 17.3 Å². The highest BCUT2D eigenvalue weighted by Crippen LogP contribution is 2.26. The first kappa shape index (κ1) is 11.2. The smallest absolute Gasteiger partial charge is 0.130 e. The SMILES string of the molecule is Nc1ccc(Br)cc1Nc1ccc(Cl)cn1. The quantitative estimate of drug-likeness (QED) is 0.829. The van der Waals surface area contributed by atoms with Gasteiger partial charge in [-0.15, -0.1) is 0 Å². The lowest BCUT2D eigenvalue weighted by atomic mass is 10.2. The Morgan fingerprint density at radius 2 is 2.06 bits per heavy atom. The molecule has 0 spiro atoms. The van der Waals surface area contributed by atoms with Gasteiger partial charge in [0.25, 0.3) is 0 Å². The molecule has 3 N–H and O–H groups in total. The van der Waals surface area contributed by atoms with Crippen LogP contribution in [0.4, 0.5) is 17.2 Å². The first-order chi connectivity index (χ1) is 7.65. The molecule has 0 saturated carbocycles. The van der Waals surface area contributed by atoms with E-state index in [0.717, 1.165) is 10.2 Å². The highest BCUT2D eigenvalue weighted by atomic mass is 79.9. The fraction of sp³-hybridized carbons (Fsp3) is 0. The number of nitrogen functional groups attached to an aromatic ring is 1. The van der Waals surface area contributed by atoms with Crippen molar-refractivity contribution in [3.05, 3.63) is 46.0 Å². The Morgan fingerprint density at radius 3 is 2.75 bits per heavy atom. The van der Waals surface area contributed by atoms with Crippen molar-refractivity contribution < 1.29 is 0 Å². The molecule has 0 aliphatic rings. The molecule has 16 heavy (non-hydrogen) atoms. The third-order valence-corrected chi connectivity index (χ3v) is 2.72. The first-order valence-electron chi connectivity index (χ1n) is 4.59. The Morgan fingerprint density at radius 1 is 1.25 bits per heavy atom. The molecule has 0 radical (unpaired) electrons. The molecular formula is C11H9BrClN3. The molecular weight excluding hydrogens is 289 g/mol. The number of halogens is 2. The molecule has 0 bridgehead atoms. The minimum atomic E-state index is 0.604. The maximum absolute atomic E-state index is 5.83. The Bertz CT molecular complexity index is 499. The van der Waals surface area contributed by atoms with Crippen molar-refractivity contribution in [2.45, 2.75) is 0 Å². The normalized spacial score (nSPS) is 10.1. The minimum Gasteiger partial charge on any atom is -0.397 e. The van der Waals surface area contributed by atoms with Crippen LogP contribution in [0, 0.1) is 0 Å². The van der Waals surface area contributed by atoms with Gasteiger partial charge in [0.15, 0.2) is 0 Å². The van der Waals surface area contributed by atoms with Gasteiger partial charge in [-0.25, -0.2) is 4.98 Å². The predicted molar refractivity (Wildman–Crippen MR) is 71.1 cm³/mol.